The second kappa shape index (κ2) is 3.33. The zero-order valence-electron chi connectivity index (χ0n) is 7.19. The third-order valence-corrected chi connectivity index (χ3v) is 5.10. The molecule has 0 aliphatic carbocycles. The van der Waals surface area contributed by atoms with Gasteiger partial charge in [0.1, 0.15) is 4.60 Å². The van der Waals surface area contributed by atoms with Crippen molar-refractivity contribution in [3.8, 4) is 0 Å². The summed E-state index contributed by atoms with van der Waals surface area (Å²) in [6.45, 7) is 4.15. The van der Waals surface area contributed by atoms with Gasteiger partial charge in [-0.25, -0.2) is 4.98 Å². The molecular formula is C9H7Br2NS. The molecule has 0 unspecified atom stereocenters. The van der Waals surface area contributed by atoms with Gasteiger partial charge in [0.25, 0.3) is 0 Å². The summed E-state index contributed by atoms with van der Waals surface area (Å²) in [7, 11) is 0. The first-order chi connectivity index (χ1) is 6.09. The van der Waals surface area contributed by atoms with E-state index in [1.807, 2.05) is 6.92 Å². The molecule has 2 aromatic rings. The van der Waals surface area contributed by atoms with E-state index in [9.17, 15) is 0 Å². The van der Waals surface area contributed by atoms with Crippen LogP contribution in [0.3, 0.4) is 0 Å². The van der Waals surface area contributed by atoms with Crippen LogP contribution in [-0.4, -0.2) is 4.98 Å². The molecule has 0 bridgehead atoms. The van der Waals surface area contributed by atoms with Crippen LogP contribution >= 0.6 is 43.2 Å². The smallest absolute Gasteiger partial charge is 0.122 e. The maximum atomic E-state index is 4.39. The second-order valence-electron chi connectivity index (χ2n) is 2.90. The number of nitrogens with zero attached hydrogens (tertiary/aromatic N) is 1. The fraction of sp³-hybridized carbons (Fsp3) is 0.222. The van der Waals surface area contributed by atoms with Crippen LogP contribution in [0.15, 0.2) is 15.1 Å². The molecule has 4 heteroatoms. The highest BCUT2D eigenvalue weighted by Gasteiger charge is 2.09. The summed E-state index contributed by atoms with van der Waals surface area (Å²) in [4.78, 5) is 5.71. The molecule has 2 rings (SSSR count). The molecule has 0 aliphatic heterocycles. The first-order valence-corrected chi connectivity index (χ1v) is 6.21. The van der Waals surface area contributed by atoms with Crippen molar-refractivity contribution < 1.29 is 0 Å². The van der Waals surface area contributed by atoms with Gasteiger partial charge >= 0.3 is 0 Å². The molecule has 0 atom stereocenters. The van der Waals surface area contributed by atoms with E-state index >= 15 is 0 Å². The van der Waals surface area contributed by atoms with Crippen LogP contribution in [0.4, 0.5) is 0 Å². The van der Waals surface area contributed by atoms with Crippen LogP contribution in [0, 0.1) is 13.8 Å². The predicted molar refractivity (Wildman–Crippen MR) is 64.5 cm³/mol. The molecule has 0 amide bonds. The zero-order chi connectivity index (χ0) is 9.59. The van der Waals surface area contributed by atoms with Crippen LogP contribution in [-0.2, 0) is 0 Å². The summed E-state index contributed by atoms with van der Waals surface area (Å²) in [5, 5.41) is 1.25. The minimum absolute atomic E-state index is 0.888. The average Bonchev–Trinajstić information content (AvgIpc) is 2.44. The van der Waals surface area contributed by atoms with Crippen LogP contribution in [0.25, 0.3) is 10.1 Å². The Bertz CT molecular complexity index is 476. The Labute approximate surface area is 97.4 Å². The molecule has 0 radical (unpaired) electrons. The van der Waals surface area contributed by atoms with Crippen molar-refractivity contribution >= 4 is 53.3 Å². The average molecular weight is 321 g/mol. The van der Waals surface area contributed by atoms with Crippen molar-refractivity contribution in [2.24, 2.45) is 0 Å². The van der Waals surface area contributed by atoms with Crippen molar-refractivity contribution in [1.82, 2.24) is 4.98 Å². The Morgan fingerprint density at radius 3 is 2.69 bits per heavy atom. The van der Waals surface area contributed by atoms with Crippen LogP contribution in [0.1, 0.15) is 10.6 Å². The quantitative estimate of drug-likeness (QED) is 0.654. The molecule has 2 heterocycles. The van der Waals surface area contributed by atoms with E-state index in [0.717, 1.165) is 14.8 Å². The second-order valence-corrected chi connectivity index (χ2v) is 5.70. The fourth-order valence-electron chi connectivity index (χ4n) is 1.30. The summed E-state index contributed by atoms with van der Waals surface area (Å²) in [5.74, 6) is 0. The number of aryl methyl sites for hydroxylation is 2. The largest absolute Gasteiger partial charge is 0.244 e. The van der Waals surface area contributed by atoms with E-state index < -0.39 is 0 Å². The lowest BCUT2D eigenvalue weighted by molar-refractivity contribution is 1.19. The number of hydrogen-bond acceptors (Lipinski definition) is 2. The van der Waals surface area contributed by atoms with Crippen molar-refractivity contribution in [2.75, 3.05) is 0 Å². The molecule has 0 fully saturated rings. The summed E-state index contributed by atoms with van der Waals surface area (Å²) in [6.07, 6.45) is 0. The van der Waals surface area contributed by atoms with Gasteiger partial charge in [-0.1, -0.05) is 0 Å². The molecule has 0 spiro atoms. The molecule has 68 valence electrons. The van der Waals surface area contributed by atoms with E-state index in [1.54, 1.807) is 11.3 Å². The van der Waals surface area contributed by atoms with Crippen LogP contribution in [0.5, 0.6) is 0 Å². The number of fused-ring (bicyclic) bond motifs is 1. The van der Waals surface area contributed by atoms with Gasteiger partial charge in [0.05, 0.1) is 9.17 Å². The topological polar surface area (TPSA) is 12.9 Å². The third kappa shape index (κ3) is 1.55. The Morgan fingerprint density at radius 2 is 2.00 bits per heavy atom. The number of thiophene rings is 1. The van der Waals surface area contributed by atoms with E-state index in [1.165, 1.54) is 15.0 Å². The zero-order valence-corrected chi connectivity index (χ0v) is 11.2. The maximum absolute atomic E-state index is 4.39. The number of hydrogen-bond donors (Lipinski definition) is 0. The Morgan fingerprint density at radius 1 is 1.31 bits per heavy atom. The van der Waals surface area contributed by atoms with Crippen LogP contribution in [0.2, 0.25) is 0 Å². The molecule has 1 nitrogen and oxygen atoms in total. The summed E-state index contributed by atoms with van der Waals surface area (Å²) in [6, 6.07) is 2.18. The molecule has 2 aromatic heterocycles. The van der Waals surface area contributed by atoms with Crippen molar-refractivity contribution in [1.29, 1.82) is 0 Å². The third-order valence-electron chi connectivity index (χ3n) is 1.89. The summed E-state index contributed by atoms with van der Waals surface area (Å²) < 4.78 is 3.22. The van der Waals surface area contributed by atoms with Crippen molar-refractivity contribution in [2.45, 2.75) is 13.8 Å². The van der Waals surface area contributed by atoms with Gasteiger partial charge < -0.3 is 0 Å². The SMILES string of the molecule is Cc1cc2c(C)nc(Br)c(Br)c2s1. The molecule has 0 aliphatic rings. The van der Waals surface area contributed by atoms with Gasteiger partial charge in [0, 0.05) is 16.0 Å². The lowest BCUT2D eigenvalue weighted by Gasteiger charge is -1.99. The van der Waals surface area contributed by atoms with Crippen molar-refractivity contribution in [3.63, 3.8) is 0 Å². The molecule has 0 N–H and O–H groups in total. The first kappa shape index (κ1) is 9.62. The Balaban J connectivity index is 2.95. The monoisotopic (exact) mass is 319 g/mol. The van der Waals surface area contributed by atoms with Gasteiger partial charge in [0.15, 0.2) is 0 Å². The van der Waals surface area contributed by atoms with Crippen LogP contribution < -0.4 is 0 Å². The van der Waals surface area contributed by atoms with Gasteiger partial charge in [0.2, 0.25) is 0 Å². The van der Waals surface area contributed by atoms with E-state index in [4.69, 9.17) is 0 Å². The summed E-state index contributed by atoms with van der Waals surface area (Å²) >= 11 is 8.74. The van der Waals surface area contributed by atoms with E-state index in [2.05, 4.69) is 49.8 Å². The minimum atomic E-state index is 0.888. The normalized spacial score (nSPS) is 11.1. The Kier molecular flexibility index (Phi) is 2.47. The van der Waals surface area contributed by atoms with Crippen molar-refractivity contribution in [3.05, 3.63) is 25.7 Å². The highest BCUT2D eigenvalue weighted by molar-refractivity contribution is 9.13. The highest BCUT2D eigenvalue weighted by atomic mass is 79.9. The van der Waals surface area contributed by atoms with Gasteiger partial charge in [-0.15, -0.1) is 11.3 Å². The van der Waals surface area contributed by atoms with Gasteiger partial charge in [-0.3, -0.25) is 0 Å². The first-order valence-electron chi connectivity index (χ1n) is 3.81. The lowest BCUT2D eigenvalue weighted by atomic mass is 10.2. The molecular weight excluding hydrogens is 314 g/mol. The lowest BCUT2D eigenvalue weighted by Crippen LogP contribution is -1.83. The standard InChI is InChI=1S/C9H7Br2NS/c1-4-3-6-5(2)12-9(11)7(10)8(6)13-4/h3H,1-2H3. The number of halogens is 2. The summed E-state index contributed by atoms with van der Waals surface area (Å²) in [5.41, 5.74) is 1.08. The van der Waals surface area contributed by atoms with Gasteiger partial charge in [-0.05, 0) is 51.8 Å². The maximum Gasteiger partial charge on any atom is 0.122 e. The highest BCUT2D eigenvalue weighted by Crippen LogP contribution is 2.36. The minimum Gasteiger partial charge on any atom is -0.244 e. The number of rotatable bonds is 0. The van der Waals surface area contributed by atoms with Gasteiger partial charge in [-0.2, -0.15) is 0 Å². The number of aromatic nitrogens is 1. The fourth-order valence-corrected chi connectivity index (χ4v) is 3.44. The number of pyridine rings is 1. The van der Waals surface area contributed by atoms with E-state index in [0.29, 0.717) is 0 Å². The predicted octanol–water partition coefficient (Wildman–Crippen LogP) is 4.44. The van der Waals surface area contributed by atoms with E-state index in [-0.39, 0.29) is 0 Å². The molecule has 13 heavy (non-hydrogen) atoms. The molecule has 0 aromatic carbocycles. The molecule has 0 saturated heterocycles. The Hall–Kier alpha value is 0.0700. The molecule has 0 saturated carbocycles.